The molecule has 27 heavy (non-hydrogen) atoms. The molecule has 0 radical (unpaired) electrons. The van der Waals surface area contributed by atoms with Crippen LogP contribution in [0.4, 0.5) is 5.69 Å². The molecule has 2 heterocycles. The molecule has 136 valence electrons. The lowest BCUT2D eigenvalue weighted by Gasteiger charge is -2.10. The Morgan fingerprint density at radius 2 is 2.04 bits per heavy atom. The van der Waals surface area contributed by atoms with Crippen molar-refractivity contribution in [3.8, 4) is 22.5 Å². The van der Waals surface area contributed by atoms with E-state index in [9.17, 15) is 4.79 Å². The molecule has 0 saturated carbocycles. The van der Waals surface area contributed by atoms with Crippen LogP contribution in [-0.4, -0.2) is 39.3 Å². The first kappa shape index (κ1) is 17.3. The Hall–Kier alpha value is -3.10. The van der Waals surface area contributed by atoms with Gasteiger partial charge in [0, 0.05) is 17.3 Å². The van der Waals surface area contributed by atoms with Gasteiger partial charge < -0.3 is 9.78 Å². The number of carbonyl (C=O) groups is 1. The average molecular weight is 379 g/mol. The van der Waals surface area contributed by atoms with Gasteiger partial charge in [0.1, 0.15) is 6.29 Å². The molecule has 0 saturated heterocycles. The number of nitrogens with zero attached hydrogens (tertiary/aromatic N) is 2. The van der Waals surface area contributed by atoms with E-state index in [2.05, 4.69) is 43.8 Å². The number of fused-ring (bicyclic) bond motifs is 1. The van der Waals surface area contributed by atoms with Gasteiger partial charge in [0.15, 0.2) is 5.82 Å². The summed E-state index contributed by atoms with van der Waals surface area (Å²) in [5, 5.41) is 8.77. The van der Waals surface area contributed by atoms with Crippen molar-refractivity contribution >= 4 is 34.6 Å². The van der Waals surface area contributed by atoms with Crippen LogP contribution in [0.25, 0.3) is 33.4 Å². The van der Waals surface area contributed by atoms with E-state index in [0.29, 0.717) is 16.7 Å². The second kappa shape index (κ2) is 7.65. The standard InChI is InChI=1S/C19H17N5O2S/c1-26-24-16-10-14(12-2-3-17-13(8-12)4-5-20-17)9-15(11-16)18-21-19(23-22-18)27-7-6-25/h2-6,8-11,20,24H,7H2,1H3,(H,21,22,23). The van der Waals surface area contributed by atoms with Crippen molar-refractivity contribution in [2.75, 3.05) is 18.3 Å². The highest BCUT2D eigenvalue weighted by Crippen LogP contribution is 2.31. The number of rotatable bonds is 7. The van der Waals surface area contributed by atoms with Crippen molar-refractivity contribution in [1.29, 1.82) is 0 Å². The van der Waals surface area contributed by atoms with E-state index in [1.54, 1.807) is 7.11 Å². The van der Waals surface area contributed by atoms with E-state index >= 15 is 0 Å². The first-order chi connectivity index (χ1) is 13.3. The van der Waals surface area contributed by atoms with E-state index in [-0.39, 0.29) is 0 Å². The fraction of sp³-hybridized carbons (Fsp3) is 0.105. The van der Waals surface area contributed by atoms with E-state index in [4.69, 9.17) is 4.84 Å². The molecule has 2 aromatic heterocycles. The molecular formula is C19H17N5O2S. The quantitative estimate of drug-likeness (QED) is 0.256. The summed E-state index contributed by atoms with van der Waals surface area (Å²) in [6.45, 7) is 0. The summed E-state index contributed by atoms with van der Waals surface area (Å²) in [7, 11) is 1.57. The van der Waals surface area contributed by atoms with Crippen LogP contribution >= 0.6 is 11.8 Å². The smallest absolute Gasteiger partial charge is 0.209 e. The lowest BCUT2D eigenvalue weighted by atomic mass is 10.0. The number of aromatic amines is 2. The van der Waals surface area contributed by atoms with Crippen LogP contribution in [0.3, 0.4) is 0 Å². The van der Waals surface area contributed by atoms with Crippen molar-refractivity contribution in [1.82, 2.24) is 20.2 Å². The van der Waals surface area contributed by atoms with Crippen molar-refractivity contribution in [2.45, 2.75) is 5.16 Å². The topological polar surface area (TPSA) is 95.7 Å². The minimum Gasteiger partial charge on any atom is -0.361 e. The molecule has 0 bridgehead atoms. The Morgan fingerprint density at radius 3 is 2.89 bits per heavy atom. The van der Waals surface area contributed by atoms with Crippen molar-refractivity contribution in [3.05, 3.63) is 48.7 Å². The third kappa shape index (κ3) is 3.71. The second-order valence-corrected chi connectivity index (χ2v) is 6.82. The minimum absolute atomic E-state index is 0.324. The van der Waals surface area contributed by atoms with Crippen molar-refractivity contribution in [3.63, 3.8) is 0 Å². The molecule has 0 aliphatic rings. The number of aromatic nitrogens is 4. The number of benzene rings is 2. The molecule has 4 aromatic rings. The van der Waals surface area contributed by atoms with Crippen molar-refractivity contribution < 1.29 is 9.63 Å². The maximum Gasteiger partial charge on any atom is 0.209 e. The fourth-order valence-corrected chi connectivity index (χ4v) is 3.37. The highest BCUT2D eigenvalue weighted by atomic mass is 32.2. The van der Waals surface area contributed by atoms with Gasteiger partial charge in [-0.25, -0.2) is 4.98 Å². The lowest BCUT2D eigenvalue weighted by Crippen LogP contribution is -1.96. The predicted octanol–water partition coefficient (Wildman–Crippen LogP) is 3.88. The minimum atomic E-state index is 0.324. The molecule has 3 N–H and O–H groups in total. The largest absolute Gasteiger partial charge is 0.361 e. The predicted molar refractivity (Wildman–Crippen MR) is 107 cm³/mol. The number of carbonyl (C=O) groups excluding carboxylic acids is 1. The van der Waals surface area contributed by atoms with Crippen LogP contribution in [0.15, 0.2) is 53.8 Å². The van der Waals surface area contributed by atoms with E-state index < -0.39 is 0 Å². The van der Waals surface area contributed by atoms with Gasteiger partial charge in [-0.2, -0.15) is 0 Å². The molecule has 7 nitrogen and oxygen atoms in total. The summed E-state index contributed by atoms with van der Waals surface area (Å²) < 4.78 is 0. The molecule has 4 rings (SSSR count). The van der Waals surface area contributed by atoms with Gasteiger partial charge in [0.05, 0.1) is 18.6 Å². The van der Waals surface area contributed by atoms with Crippen LogP contribution < -0.4 is 5.48 Å². The number of H-pyrrole nitrogens is 2. The van der Waals surface area contributed by atoms with E-state index in [0.717, 1.165) is 39.6 Å². The maximum absolute atomic E-state index is 10.5. The highest BCUT2D eigenvalue weighted by Gasteiger charge is 2.11. The molecule has 0 atom stereocenters. The lowest BCUT2D eigenvalue weighted by molar-refractivity contribution is -0.105. The number of hydrogen-bond acceptors (Lipinski definition) is 6. The van der Waals surface area contributed by atoms with Gasteiger partial charge in [-0.15, -0.1) is 5.10 Å². The summed E-state index contributed by atoms with van der Waals surface area (Å²) in [4.78, 5) is 23.3. The number of aldehydes is 1. The highest BCUT2D eigenvalue weighted by molar-refractivity contribution is 7.99. The molecule has 2 aromatic carbocycles. The SMILES string of the molecule is CONc1cc(-c2ccc3[nH]ccc3c2)cc(-c2nc(SCC=O)n[nH]2)c1. The Balaban J connectivity index is 1.75. The molecule has 0 fully saturated rings. The summed E-state index contributed by atoms with van der Waals surface area (Å²) in [6, 6.07) is 14.3. The van der Waals surface area contributed by atoms with Gasteiger partial charge in [-0.3, -0.25) is 15.4 Å². The van der Waals surface area contributed by atoms with Gasteiger partial charge in [0.25, 0.3) is 0 Å². The monoisotopic (exact) mass is 379 g/mol. The fourth-order valence-electron chi connectivity index (χ4n) is 2.89. The number of anilines is 1. The third-order valence-electron chi connectivity index (χ3n) is 4.06. The van der Waals surface area contributed by atoms with Crippen LogP contribution in [0, 0.1) is 0 Å². The third-order valence-corrected chi connectivity index (χ3v) is 4.80. The summed E-state index contributed by atoms with van der Waals surface area (Å²) >= 11 is 1.29. The number of nitrogens with one attached hydrogen (secondary N) is 3. The van der Waals surface area contributed by atoms with Crippen LogP contribution in [0.5, 0.6) is 0 Å². The van der Waals surface area contributed by atoms with Crippen LogP contribution in [0.1, 0.15) is 0 Å². The molecule has 8 heteroatoms. The maximum atomic E-state index is 10.5. The molecule has 0 aliphatic heterocycles. The second-order valence-electron chi connectivity index (χ2n) is 5.83. The average Bonchev–Trinajstić information content (AvgIpc) is 3.35. The van der Waals surface area contributed by atoms with Crippen LogP contribution in [0.2, 0.25) is 0 Å². The summed E-state index contributed by atoms with van der Waals surface area (Å²) in [6.07, 6.45) is 2.76. The number of hydrogen-bond donors (Lipinski definition) is 3. The molecule has 0 aliphatic carbocycles. The summed E-state index contributed by atoms with van der Waals surface area (Å²) in [5.41, 5.74) is 7.75. The van der Waals surface area contributed by atoms with Crippen molar-refractivity contribution in [2.24, 2.45) is 0 Å². The molecule has 0 amide bonds. The first-order valence-electron chi connectivity index (χ1n) is 8.27. The zero-order valence-electron chi connectivity index (χ0n) is 14.5. The van der Waals surface area contributed by atoms with E-state index in [1.807, 2.05) is 30.5 Å². The summed E-state index contributed by atoms with van der Waals surface area (Å²) in [5.74, 6) is 0.955. The van der Waals surface area contributed by atoms with Gasteiger partial charge in [-0.05, 0) is 52.9 Å². The normalized spacial score (nSPS) is 11.0. The van der Waals surface area contributed by atoms with Gasteiger partial charge in [0.2, 0.25) is 5.16 Å². The number of thioether (sulfide) groups is 1. The van der Waals surface area contributed by atoms with E-state index in [1.165, 1.54) is 11.8 Å². The molecule has 0 spiro atoms. The Morgan fingerprint density at radius 1 is 1.15 bits per heavy atom. The van der Waals surface area contributed by atoms with Gasteiger partial charge >= 0.3 is 0 Å². The first-order valence-corrected chi connectivity index (χ1v) is 9.26. The zero-order valence-corrected chi connectivity index (χ0v) is 15.3. The Kier molecular flexibility index (Phi) is 4.91. The molecule has 0 unspecified atom stereocenters. The van der Waals surface area contributed by atoms with Gasteiger partial charge in [-0.1, -0.05) is 17.8 Å². The Labute approximate surface area is 159 Å². The van der Waals surface area contributed by atoms with Crippen LogP contribution in [-0.2, 0) is 9.63 Å². The molecular weight excluding hydrogens is 362 g/mol. The Bertz CT molecular complexity index is 1090. The zero-order chi connectivity index (χ0) is 18.6.